The van der Waals surface area contributed by atoms with Crippen molar-refractivity contribution in [3.05, 3.63) is 235 Å². The van der Waals surface area contributed by atoms with Crippen LogP contribution in [0.1, 0.15) is 22.3 Å². The lowest BCUT2D eigenvalue weighted by Gasteiger charge is -2.30. The van der Waals surface area contributed by atoms with Crippen LogP contribution in [0.5, 0.6) is 0 Å². The lowest BCUT2D eigenvalue weighted by atomic mass is 9.70. The van der Waals surface area contributed by atoms with Gasteiger partial charge in [-0.05, 0) is 85.0 Å². The van der Waals surface area contributed by atoms with Gasteiger partial charge in [0.1, 0.15) is 0 Å². The summed E-state index contributed by atoms with van der Waals surface area (Å²) in [5, 5.41) is 2.59. The van der Waals surface area contributed by atoms with Gasteiger partial charge in [0, 0.05) is 36.9 Å². The van der Waals surface area contributed by atoms with E-state index in [0.29, 0.717) is 17.5 Å². The van der Waals surface area contributed by atoms with Crippen LogP contribution in [-0.4, -0.2) is 15.0 Å². The third kappa shape index (κ3) is 5.08. The topological polar surface area (TPSA) is 38.7 Å². The van der Waals surface area contributed by atoms with Crippen LogP contribution in [0.25, 0.3) is 98.8 Å². The molecule has 1 spiro atoms. The normalized spacial score (nSPS) is 13.0. The van der Waals surface area contributed by atoms with E-state index in [1.165, 1.54) is 70.2 Å². The van der Waals surface area contributed by atoms with Gasteiger partial charge in [0.05, 0.1) is 5.41 Å². The highest BCUT2D eigenvalue weighted by atomic mass is 32.1. The second-order valence-electron chi connectivity index (χ2n) is 16.2. The maximum atomic E-state index is 5.29. The molecule has 0 atom stereocenters. The molecule has 288 valence electrons. The maximum absolute atomic E-state index is 5.29. The molecule has 0 saturated heterocycles. The van der Waals surface area contributed by atoms with Crippen LogP contribution in [0.3, 0.4) is 0 Å². The van der Waals surface area contributed by atoms with Crippen molar-refractivity contribution in [3.8, 4) is 78.7 Å². The number of rotatable bonds is 5. The summed E-state index contributed by atoms with van der Waals surface area (Å²) < 4.78 is 2.60. The summed E-state index contributed by atoms with van der Waals surface area (Å²) in [6.07, 6.45) is 0. The molecule has 0 bridgehead atoms. The second-order valence-corrected chi connectivity index (χ2v) is 17.3. The zero-order valence-electron chi connectivity index (χ0n) is 33.5. The van der Waals surface area contributed by atoms with Gasteiger partial charge in [0.15, 0.2) is 17.5 Å². The second kappa shape index (κ2) is 13.6. The summed E-state index contributed by atoms with van der Waals surface area (Å²) in [6, 6.07) is 76.7. The Kier molecular flexibility index (Phi) is 7.69. The van der Waals surface area contributed by atoms with Crippen molar-refractivity contribution in [2.24, 2.45) is 0 Å². The number of fused-ring (bicyclic) bond motifs is 13. The van der Waals surface area contributed by atoms with Crippen LogP contribution in [-0.2, 0) is 5.41 Å². The molecule has 13 rings (SSSR count). The van der Waals surface area contributed by atoms with Gasteiger partial charge in [-0.2, -0.15) is 0 Å². The van der Waals surface area contributed by atoms with Gasteiger partial charge in [0.25, 0.3) is 0 Å². The Morgan fingerprint density at radius 2 is 0.758 bits per heavy atom. The van der Waals surface area contributed by atoms with E-state index in [1.54, 1.807) is 0 Å². The van der Waals surface area contributed by atoms with E-state index in [2.05, 4.69) is 194 Å². The Labute approximate surface area is 363 Å². The van der Waals surface area contributed by atoms with E-state index in [0.717, 1.165) is 33.4 Å². The van der Waals surface area contributed by atoms with E-state index in [4.69, 9.17) is 15.0 Å². The SMILES string of the molecule is c1ccc(-c2nc(-c3ccc(-c4cccc5sc6ccccc6c45)cc3)nc(-c3ccccc3-c3ccc4c(c3)C3(c5ccccc5-c5ccccc53)c3ccccc3-4)n2)cc1. The standard InChI is InChI=1S/C58H35N3S/c1-2-15-37(16-3-1)55-59-56(38-31-29-36(30-32-38)41-23-14-28-53-54(41)47-22-9-13-27-52(47)62-53)61-57(60-55)46-21-5-4-17-40(46)39-33-34-45-44-20-8-12-26-50(44)58(51(45)35-39)48-24-10-6-18-42(48)43-19-7-11-25-49(43)58/h1-35H. The number of nitrogens with zero attached hydrogens (tertiary/aromatic N) is 3. The molecule has 0 aliphatic heterocycles. The highest BCUT2D eigenvalue weighted by molar-refractivity contribution is 7.25. The van der Waals surface area contributed by atoms with Gasteiger partial charge < -0.3 is 0 Å². The van der Waals surface area contributed by atoms with Crippen LogP contribution < -0.4 is 0 Å². The van der Waals surface area contributed by atoms with Crippen molar-refractivity contribution in [1.29, 1.82) is 0 Å². The Hall–Kier alpha value is -7.79. The number of benzene rings is 9. The monoisotopic (exact) mass is 805 g/mol. The molecule has 2 heterocycles. The van der Waals surface area contributed by atoms with Gasteiger partial charge in [0.2, 0.25) is 0 Å². The van der Waals surface area contributed by atoms with Crippen LogP contribution in [0, 0.1) is 0 Å². The number of aromatic nitrogens is 3. The molecule has 0 unspecified atom stereocenters. The fourth-order valence-corrected chi connectivity index (χ4v) is 11.5. The van der Waals surface area contributed by atoms with E-state index >= 15 is 0 Å². The van der Waals surface area contributed by atoms with Gasteiger partial charge >= 0.3 is 0 Å². The fourth-order valence-electron chi connectivity index (χ4n) is 10.3. The largest absolute Gasteiger partial charge is 0.208 e. The molecule has 62 heavy (non-hydrogen) atoms. The molecule has 0 N–H and O–H groups in total. The van der Waals surface area contributed by atoms with Crippen LogP contribution in [0.15, 0.2) is 212 Å². The first-order valence-corrected chi connectivity index (χ1v) is 21.9. The van der Waals surface area contributed by atoms with Crippen molar-refractivity contribution < 1.29 is 0 Å². The molecule has 11 aromatic rings. The molecule has 0 fully saturated rings. The van der Waals surface area contributed by atoms with Crippen molar-refractivity contribution in [1.82, 2.24) is 15.0 Å². The summed E-state index contributed by atoms with van der Waals surface area (Å²) in [7, 11) is 0. The minimum atomic E-state index is -0.431. The summed E-state index contributed by atoms with van der Waals surface area (Å²) >= 11 is 1.84. The van der Waals surface area contributed by atoms with E-state index in [1.807, 2.05) is 29.5 Å². The predicted molar refractivity (Wildman–Crippen MR) is 256 cm³/mol. The lowest BCUT2D eigenvalue weighted by molar-refractivity contribution is 0.794. The van der Waals surface area contributed by atoms with E-state index in [9.17, 15) is 0 Å². The quantitative estimate of drug-likeness (QED) is 0.174. The first-order chi connectivity index (χ1) is 30.7. The maximum Gasteiger partial charge on any atom is 0.164 e. The zero-order chi connectivity index (χ0) is 40.8. The van der Waals surface area contributed by atoms with Crippen molar-refractivity contribution in [3.63, 3.8) is 0 Å². The lowest BCUT2D eigenvalue weighted by Crippen LogP contribution is -2.25. The van der Waals surface area contributed by atoms with Crippen molar-refractivity contribution in [2.45, 2.75) is 5.41 Å². The number of hydrogen-bond donors (Lipinski definition) is 0. The van der Waals surface area contributed by atoms with E-state index in [-0.39, 0.29) is 0 Å². The minimum Gasteiger partial charge on any atom is -0.208 e. The molecule has 2 aliphatic carbocycles. The molecule has 0 saturated carbocycles. The molecule has 9 aromatic carbocycles. The third-order valence-corrected chi connectivity index (χ3v) is 14.1. The summed E-state index contributed by atoms with van der Waals surface area (Å²) in [5.41, 5.74) is 17.4. The predicted octanol–water partition coefficient (Wildman–Crippen LogP) is 14.9. The van der Waals surface area contributed by atoms with Gasteiger partial charge in [-0.25, -0.2) is 15.0 Å². The molecule has 4 heteroatoms. The minimum absolute atomic E-state index is 0.431. The van der Waals surface area contributed by atoms with Crippen molar-refractivity contribution in [2.75, 3.05) is 0 Å². The average molecular weight is 806 g/mol. The zero-order valence-corrected chi connectivity index (χ0v) is 34.3. The van der Waals surface area contributed by atoms with E-state index < -0.39 is 5.41 Å². The highest BCUT2D eigenvalue weighted by Crippen LogP contribution is 2.63. The molecular formula is C58H35N3S. The summed E-state index contributed by atoms with van der Waals surface area (Å²) in [4.78, 5) is 15.6. The highest BCUT2D eigenvalue weighted by Gasteiger charge is 2.51. The van der Waals surface area contributed by atoms with Gasteiger partial charge in [-0.3, -0.25) is 0 Å². The summed E-state index contributed by atoms with van der Waals surface area (Å²) in [6.45, 7) is 0. The Balaban J connectivity index is 0.967. The first kappa shape index (κ1) is 35.0. The van der Waals surface area contributed by atoms with Crippen LogP contribution >= 0.6 is 11.3 Å². The molecule has 2 aliphatic rings. The van der Waals surface area contributed by atoms with Gasteiger partial charge in [-0.1, -0.05) is 194 Å². The molecule has 2 aromatic heterocycles. The number of thiophene rings is 1. The molecular weight excluding hydrogens is 771 g/mol. The Bertz CT molecular complexity index is 3520. The van der Waals surface area contributed by atoms with Gasteiger partial charge in [-0.15, -0.1) is 11.3 Å². The fraction of sp³-hybridized carbons (Fsp3) is 0.0172. The van der Waals surface area contributed by atoms with Crippen molar-refractivity contribution >= 4 is 31.5 Å². The van der Waals surface area contributed by atoms with Crippen LogP contribution in [0.4, 0.5) is 0 Å². The Morgan fingerprint density at radius 1 is 0.290 bits per heavy atom. The third-order valence-electron chi connectivity index (χ3n) is 13.0. The van der Waals surface area contributed by atoms with Crippen LogP contribution in [0.2, 0.25) is 0 Å². The Morgan fingerprint density at radius 3 is 1.44 bits per heavy atom. The average Bonchev–Trinajstić information content (AvgIpc) is 3.98. The molecule has 0 radical (unpaired) electrons. The molecule has 3 nitrogen and oxygen atoms in total. The molecule has 0 amide bonds. The smallest absolute Gasteiger partial charge is 0.164 e. The first-order valence-electron chi connectivity index (χ1n) is 21.1. The number of hydrogen-bond acceptors (Lipinski definition) is 4. The summed E-state index contributed by atoms with van der Waals surface area (Å²) in [5.74, 6) is 1.91.